The quantitative estimate of drug-likeness (QED) is 0.327. The van der Waals surface area contributed by atoms with Crippen molar-refractivity contribution < 1.29 is 22.6 Å². The molecule has 2 nitrogen and oxygen atoms in total. The molecule has 0 aliphatic rings. The summed E-state index contributed by atoms with van der Waals surface area (Å²) in [7, 11) is 2.00. The minimum absolute atomic E-state index is 0. The molecule has 0 unspecified atom stereocenters. The number of halogens is 1. The summed E-state index contributed by atoms with van der Waals surface area (Å²) >= 11 is 0. The van der Waals surface area contributed by atoms with Crippen molar-refractivity contribution in [1.82, 2.24) is 0 Å². The number of rotatable bonds is 0. The van der Waals surface area contributed by atoms with Crippen LogP contribution in [0.2, 0.25) is 0 Å². The summed E-state index contributed by atoms with van der Waals surface area (Å²) in [5.74, 6) is 0. The molecule has 3 heteroatoms. The number of aliphatic hydroxyl groups excluding tert-OH is 2. The van der Waals surface area contributed by atoms with Crippen LogP contribution >= 0.6 is 0 Å². The fourth-order valence-corrected chi connectivity index (χ4v) is 0. The lowest BCUT2D eigenvalue weighted by Crippen LogP contribution is -3.00. The van der Waals surface area contributed by atoms with Gasteiger partial charge in [0.05, 0.1) is 0 Å². The van der Waals surface area contributed by atoms with Gasteiger partial charge in [0.25, 0.3) is 0 Å². The van der Waals surface area contributed by atoms with Crippen LogP contribution in [0.15, 0.2) is 0 Å². The summed E-state index contributed by atoms with van der Waals surface area (Å²) in [4.78, 5) is 0. The second-order valence-corrected chi connectivity index (χ2v) is 0. The summed E-state index contributed by atoms with van der Waals surface area (Å²) in [6, 6.07) is 0. The predicted octanol–water partition coefficient (Wildman–Crippen LogP) is -3.78. The Kier molecular flexibility index (Phi) is 3720. The summed E-state index contributed by atoms with van der Waals surface area (Å²) < 4.78 is 0. The Morgan fingerprint density at radius 2 is 0.800 bits per heavy atom. The van der Waals surface area contributed by atoms with Crippen molar-refractivity contribution >= 4 is 0 Å². The van der Waals surface area contributed by atoms with Crippen LogP contribution in [0.25, 0.3) is 0 Å². The molecule has 0 aromatic carbocycles. The van der Waals surface area contributed by atoms with Gasteiger partial charge in [0.15, 0.2) is 0 Å². The fraction of sp³-hybridized carbons (Fsp3) is 1.00. The fourth-order valence-electron chi connectivity index (χ4n) is 0. The molecule has 0 fully saturated rings. The third-order valence-electron chi connectivity index (χ3n) is 0. The minimum Gasteiger partial charge on any atom is -1.00 e. The maximum absolute atomic E-state index is 7.00. The molecule has 0 saturated heterocycles. The van der Waals surface area contributed by atoms with E-state index in [0.717, 1.165) is 14.2 Å². The first-order valence-corrected chi connectivity index (χ1v) is 0.894. The SMILES string of the molecule is CO.CO.[Cl-]. The van der Waals surface area contributed by atoms with E-state index in [4.69, 9.17) is 10.2 Å². The smallest absolute Gasteiger partial charge is 0.0319 e. The van der Waals surface area contributed by atoms with E-state index in [1.54, 1.807) is 0 Å². The molecule has 0 saturated carbocycles. The van der Waals surface area contributed by atoms with Crippen molar-refractivity contribution in [3.63, 3.8) is 0 Å². The van der Waals surface area contributed by atoms with Gasteiger partial charge in [-0.15, -0.1) is 0 Å². The van der Waals surface area contributed by atoms with Crippen molar-refractivity contribution in [2.45, 2.75) is 0 Å². The molecule has 0 heterocycles. The highest BCUT2D eigenvalue weighted by atomic mass is 35.5. The van der Waals surface area contributed by atoms with Gasteiger partial charge in [0.2, 0.25) is 0 Å². The second-order valence-electron chi connectivity index (χ2n) is 0. The van der Waals surface area contributed by atoms with Gasteiger partial charge in [-0.25, -0.2) is 0 Å². The van der Waals surface area contributed by atoms with E-state index in [9.17, 15) is 0 Å². The van der Waals surface area contributed by atoms with E-state index in [0.29, 0.717) is 0 Å². The molecule has 0 aliphatic carbocycles. The van der Waals surface area contributed by atoms with Crippen molar-refractivity contribution in [3.8, 4) is 0 Å². The standard InChI is InChI=1S/2CH4O.ClH/c2*1-2;/h2*2H,1H3;1H/p-1. The van der Waals surface area contributed by atoms with Crippen LogP contribution in [0.4, 0.5) is 0 Å². The molecule has 0 atom stereocenters. The Morgan fingerprint density at radius 3 is 0.800 bits per heavy atom. The van der Waals surface area contributed by atoms with Gasteiger partial charge in [0, 0.05) is 14.2 Å². The zero-order valence-electron chi connectivity index (χ0n) is 3.27. The predicted molar refractivity (Wildman–Crippen MR) is 16.3 cm³/mol. The van der Waals surface area contributed by atoms with Crippen molar-refractivity contribution in [2.24, 2.45) is 0 Å². The molecule has 0 rings (SSSR count). The van der Waals surface area contributed by atoms with Gasteiger partial charge in [-0.2, -0.15) is 0 Å². The molecule has 5 heavy (non-hydrogen) atoms. The number of aliphatic hydroxyl groups is 2. The highest BCUT2D eigenvalue weighted by molar-refractivity contribution is 3.18. The van der Waals surface area contributed by atoms with Crippen molar-refractivity contribution in [3.05, 3.63) is 0 Å². The average Bonchev–Trinajstić information content (AvgIpc) is 1.50. The van der Waals surface area contributed by atoms with Crippen LogP contribution in [0.1, 0.15) is 0 Å². The lowest BCUT2D eigenvalue weighted by Gasteiger charge is -1.21. The van der Waals surface area contributed by atoms with Crippen LogP contribution in [0.5, 0.6) is 0 Å². The van der Waals surface area contributed by atoms with E-state index in [-0.39, 0.29) is 12.4 Å². The third-order valence-corrected chi connectivity index (χ3v) is 0. The van der Waals surface area contributed by atoms with Gasteiger partial charge in [-0.3, -0.25) is 0 Å². The lowest BCUT2D eigenvalue weighted by atomic mass is 11.8. The summed E-state index contributed by atoms with van der Waals surface area (Å²) in [5.41, 5.74) is 0. The molecule has 0 aliphatic heterocycles. The van der Waals surface area contributed by atoms with Gasteiger partial charge >= 0.3 is 0 Å². The second kappa shape index (κ2) is 984. The largest absolute Gasteiger partial charge is 1.00 e. The summed E-state index contributed by atoms with van der Waals surface area (Å²) in [6.45, 7) is 0. The molecular weight excluding hydrogens is 91.5 g/mol. The van der Waals surface area contributed by atoms with E-state index in [2.05, 4.69) is 0 Å². The monoisotopic (exact) mass is 99.0 g/mol. The van der Waals surface area contributed by atoms with Gasteiger partial charge < -0.3 is 22.6 Å². The zero-order chi connectivity index (χ0) is 4.00. The number of hydrogen-bond donors (Lipinski definition) is 2. The number of hydrogen-bond acceptors (Lipinski definition) is 2. The van der Waals surface area contributed by atoms with Gasteiger partial charge in [0.1, 0.15) is 0 Å². The molecule has 0 radical (unpaired) electrons. The van der Waals surface area contributed by atoms with Crippen LogP contribution in [0, 0.1) is 0 Å². The van der Waals surface area contributed by atoms with Crippen LogP contribution in [-0.2, 0) is 0 Å². The minimum atomic E-state index is 0. The Labute approximate surface area is 37.9 Å². The first kappa shape index (κ1) is 18.9. The van der Waals surface area contributed by atoms with Crippen molar-refractivity contribution in [2.75, 3.05) is 14.2 Å². The molecule has 2 N–H and O–H groups in total. The molecule has 0 amide bonds. The molecule has 0 aromatic heterocycles. The summed E-state index contributed by atoms with van der Waals surface area (Å²) in [6.07, 6.45) is 0. The highest BCUT2D eigenvalue weighted by Crippen LogP contribution is 0.757. The molecule has 0 bridgehead atoms. The molecular formula is C2H8ClO2-. The van der Waals surface area contributed by atoms with Crippen LogP contribution in [0.3, 0.4) is 0 Å². The Morgan fingerprint density at radius 1 is 0.800 bits per heavy atom. The lowest BCUT2D eigenvalue weighted by molar-refractivity contribution is -0.00000248. The topological polar surface area (TPSA) is 40.5 Å². The van der Waals surface area contributed by atoms with Crippen molar-refractivity contribution in [1.29, 1.82) is 0 Å². The van der Waals surface area contributed by atoms with E-state index < -0.39 is 0 Å². The zero-order valence-corrected chi connectivity index (χ0v) is 4.03. The Balaban J connectivity index is -0.0000000133. The summed E-state index contributed by atoms with van der Waals surface area (Å²) in [5, 5.41) is 14.0. The Bertz CT molecular complexity index is 7.61. The van der Waals surface area contributed by atoms with E-state index in [1.807, 2.05) is 0 Å². The Hall–Kier alpha value is 0.210. The maximum Gasteiger partial charge on any atom is 0.0319 e. The van der Waals surface area contributed by atoms with Crippen LogP contribution in [-0.4, -0.2) is 24.4 Å². The maximum atomic E-state index is 7.00. The van der Waals surface area contributed by atoms with Gasteiger partial charge in [-0.05, 0) is 0 Å². The van der Waals surface area contributed by atoms with Gasteiger partial charge in [-0.1, -0.05) is 0 Å². The average molecular weight is 99.5 g/mol. The normalized spacial score (nSPS) is 2.40. The molecule has 0 aromatic rings. The first-order chi connectivity index (χ1) is 2.00. The highest BCUT2D eigenvalue weighted by Gasteiger charge is 0.841. The molecule has 0 spiro atoms. The van der Waals surface area contributed by atoms with Crippen LogP contribution < -0.4 is 12.4 Å². The van der Waals surface area contributed by atoms with E-state index >= 15 is 0 Å². The van der Waals surface area contributed by atoms with E-state index in [1.165, 1.54) is 0 Å². The molecule has 36 valence electrons. The third kappa shape index (κ3) is 466. The first-order valence-electron chi connectivity index (χ1n) is 0.894.